The van der Waals surface area contributed by atoms with Crippen LogP contribution in [-0.4, -0.2) is 99.6 Å². The standard InChI is InChI=1S/C66H117NO10/c1-4-7-10-13-16-19-22-24-25-26-27-28-29-30-31-32-33-34-36-39-41-44-47-50-53-59(70)65(74)67-57(58(69)52-49-46-43-40-38-35-23-20-17-14-11-8-5-2)56-75-66-64(63(73)62(72)60(55-68)76-66)77-61(71)54-51-48-45-42-37-21-18-15-12-9-6-3/h7,10,16,19,24-25,27-28,30-31,49,52,57-60,62-64,66,68-70,72-73H,4-6,8-9,11-15,17-18,20-23,26,29,32-48,50-51,53-56H2,1-3H3,(H,67,74)/b10-7-,19-16-,25-24-,28-27-,31-30-,52-49+. The molecule has 1 fully saturated rings. The quantitative estimate of drug-likeness (QED) is 0.0195. The number of amides is 1. The highest BCUT2D eigenvalue weighted by atomic mass is 16.7. The summed E-state index contributed by atoms with van der Waals surface area (Å²) >= 11 is 0. The van der Waals surface area contributed by atoms with Gasteiger partial charge in [0.25, 0.3) is 0 Å². The van der Waals surface area contributed by atoms with E-state index < -0.39 is 67.4 Å². The number of allylic oxidation sites excluding steroid dienone is 11. The highest BCUT2D eigenvalue weighted by Gasteiger charge is 2.47. The fourth-order valence-corrected chi connectivity index (χ4v) is 9.62. The number of hydrogen-bond acceptors (Lipinski definition) is 10. The first-order valence-electron chi connectivity index (χ1n) is 31.7. The average Bonchev–Trinajstić information content (AvgIpc) is 3.43. The molecule has 11 nitrogen and oxygen atoms in total. The molecule has 0 aromatic heterocycles. The number of carbonyl (C=O) groups is 2. The maximum atomic E-state index is 13.4. The van der Waals surface area contributed by atoms with Gasteiger partial charge in [0.2, 0.25) is 5.91 Å². The predicted molar refractivity (Wildman–Crippen MR) is 319 cm³/mol. The maximum Gasteiger partial charge on any atom is 0.306 e. The molecule has 1 rings (SSSR count). The highest BCUT2D eigenvalue weighted by molar-refractivity contribution is 5.80. The van der Waals surface area contributed by atoms with Crippen molar-refractivity contribution in [2.24, 2.45) is 0 Å². The minimum atomic E-state index is -1.61. The molecule has 1 aliphatic heterocycles. The van der Waals surface area contributed by atoms with Crippen LogP contribution in [0, 0.1) is 0 Å². The van der Waals surface area contributed by atoms with Crippen molar-refractivity contribution in [1.29, 1.82) is 0 Å². The molecule has 1 amide bonds. The van der Waals surface area contributed by atoms with E-state index in [4.69, 9.17) is 14.2 Å². The van der Waals surface area contributed by atoms with Crippen LogP contribution < -0.4 is 5.32 Å². The molecule has 11 heteroatoms. The molecule has 77 heavy (non-hydrogen) atoms. The molecule has 0 saturated carbocycles. The van der Waals surface area contributed by atoms with Gasteiger partial charge < -0.3 is 45.1 Å². The van der Waals surface area contributed by atoms with Crippen LogP contribution in [0.4, 0.5) is 0 Å². The van der Waals surface area contributed by atoms with Crippen molar-refractivity contribution < 1.29 is 49.3 Å². The maximum absolute atomic E-state index is 13.4. The lowest BCUT2D eigenvalue weighted by molar-refractivity contribution is -0.305. The monoisotopic (exact) mass is 1080 g/mol. The molecule has 0 aliphatic carbocycles. The Morgan fingerprint density at radius 2 is 0.935 bits per heavy atom. The van der Waals surface area contributed by atoms with Crippen molar-refractivity contribution in [1.82, 2.24) is 5.32 Å². The first kappa shape index (κ1) is 72.1. The van der Waals surface area contributed by atoms with Crippen LogP contribution in [0.25, 0.3) is 0 Å². The zero-order valence-electron chi connectivity index (χ0n) is 49.3. The summed E-state index contributed by atoms with van der Waals surface area (Å²) in [6.07, 6.45) is 58.0. The fourth-order valence-electron chi connectivity index (χ4n) is 9.62. The van der Waals surface area contributed by atoms with Crippen LogP contribution in [0.2, 0.25) is 0 Å². The molecule has 1 aliphatic rings. The summed E-state index contributed by atoms with van der Waals surface area (Å²) in [6, 6.07) is -1.03. The van der Waals surface area contributed by atoms with Gasteiger partial charge in [-0.15, -0.1) is 0 Å². The van der Waals surface area contributed by atoms with Gasteiger partial charge in [-0.25, -0.2) is 0 Å². The molecular formula is C66H117NO10. The Morgan fingerprint density at radius 3 is 1.40 bits per heavy atom. The van der Waals surface area contributed by atoms with Crippen LogP contribution in [0.3, 0.4) is 0 Å². The van der Waals surface area contributed by atoms with Gasteiger partial charge in [0.05, 0.1) is 25.4 Å². The van der Waals surface area contributed by atoms with Crippen LogP contribution >= 0.6 is 0 Å². The van der Waals surface area contributed by atoms with Gasteiger partial charge in [-0.3, -0.25) is 9.59 Å². The summed E-state index contributed by atoms with van der Waals surface area (Å²) < 4.78 is 17.6. The minimum Gasteiger partial charge on any atom is -0.454 e. The van der Waals surface area contributed by atoms with Gasteiger partial charge in [0.1, 0.15) is 24.4 Å². The third kappa shape index (κ3) is 41.7. The van der Waals surface area contributed by atoms with E-state index in [9.17, 15) is 35.1 Å². The first-order valence-corrected chi connectivity index (χ1v) is 31.7. The molecule has 0 spiro atoms. The molecular weight excluding hydrogens is 967 g/mol. The number of esters is 1. The normalized spacial score (nSPS) is 19.5. The number of hydrogen-bond donors (Lipinski definition) is 6. The summed E-state index contributed by atoms with van der Waals surface area (Å²) in [5, 5.41) is 57.0. The molecule has 446 valence electrons. The van der Waals surface area contributed by atoms with Gasteiger partial charge in [0, 0.05) is 6.42 Å². The Hall–Kier alpha value is -2.90. The number of rotatable bonds is 53. The van der Waals surface area contributed by atoms with Gasteiger partial charge in [-0.2, -0.15) is 0 Å². The smallest absolute Gasteiger partial charge is 0.306 e. The molecule has 0 aromatic carbocycles. The van der Waals surface area contributed by atoms with E-state index in [1.54, 1.807) is 6.08 Å². The Morgan fingerprint density at radius 1 is 0.519 bits per heavy atom. The van der Waals surface area contributed by atoms with E-state index in [0.717, 1.165) is 96.3 Å². The number of unbranched alkanes of at least 4 members (excludes halogenated alkanes) is 29. The zero-order chi connectivity index (χ0) is 56.1. The van der Waals surface area contributed by atoms with Crippen molar-refractivity contribution in [3.05, 3.63) is 72.9 Å². The van der Waals surface area contributed by atoms with Crippen LogP contribution in [-0.2, 0) is 23.8 Å². The van der Waals surface area contributed by atoms with Gasteiger partial charge in [-0.05, 0) is 70.6 Å². The highest BCUT2D eigenvalue weighted by Crippen LogP contribution is 2.26. The number of ether oxygens (including phenoxy) is 3. The molecule has 1 saturated heterocycles. The Kier molecular flexibility index (Phi) is 50.3. The van der Waals surface area contributed by atoms with Crippen molar-refractivity contribution in [3.63, 3.8) is 0 Å². The summed E-state index contributed by atoms with van der Waals surface area (Å²) in [7, 11) is 0. The summed E-state index contributed by atoms with van der Waals surface area (Å²) in [5.41, 5.74) is 0. The van der Waals surface area contributed by atoms with E-state index in [2.05, 4.69) is 86.8 Å². The van der Waals surface area contributed by atoms with E-state index >= 15 is 0 Å². The van der Waals surface area contributed by atoms with Crippen molar-refractivity contribution in [3.8, 4) is 0 Å². The second-order valence-corrected chi connectivity index (χ2v) is 21.8. The van der Waals surface area contributed by atoms with Crippen molar-refractivity contribution in [2.75, 3.05) is 13.2 Å². The third-order valence-electron chi connectivity index (χ3n) is 14.6. The van der Waals surface area contributed by atoms with Crippen molar-refractivity contribution >= 4 is 11.9 Å². The Labute approximate surface area is 471 Å². The van der Waals surface area contributed by atoms with E-state index in [0.29, 0.717) is 12.8 Å². The van der Waals surface area contributed by atoms with Crippen LogP contribution in [0.15, 0.2) is 72.9 Å². The molecule has 6 N–H and O–H groups in total. The van der Waals surface area contributed by atoms with Crippen molar-refractivity contribution in [2.45, 2.75) is 320 Å². The number of aliphatic hydroxyl groups is 5. The molecule has 8 atom stereocenters. The Bertz CT molecular complexity index is 1530. The van der Waals surface area contributed by atoms with Crippen LogP contribution in [0.5, 0.6) is 0 Å². The SMILES string of the molecule is CC/C=C\C/C=C\C/C=C\C/C=C\C/C=C\CCCCCCCCCCC(O)C(=O)NC(COC1OC(CO)C(O)C(O)C1OC(=O)CCCCCCCCCCCCC)C(O)/C=C/CCCCCCCCCCCCC. The third-order valence-corrected chi connectivity index (χ3v) is 14.6. The Balaban J connectivity index is 2.64. The lowest BCUT2D eigenvalue weighted by atomic mass is 9.99. The van der Waals surface area contributed by atoms with E-state index in [-0.39, 0.29) is 19.4 Å². The fraction of sp³-hybridized carbons (Fsp3) is 0.788. The van der Waals surface area contributed by atoms with Gasteiger partial charge in [-0.1, -0.05) is 267 Å². The van der Waals surface area contributed by atoms with Gasteiger partial charge >= 0.3 is 5.97 Å². The van der Waals surface area contributed by atoms with E-state index in [1.165, 1.54) is 128 Å². The lowest BCUT2D eigenvalue weighted by Gasteiger charge is -2.41. The average molecular weight is 1080 g/mol. The second-order valence-electron chi connectivity index (χ2n) is 21.8. The molecule has 0 bridgehead atoms. The molecule has 0 aromatic rings. The first-order chi connectivity index (χ1) is 37.7. The molecule has 1 heterocycles. The summed E-state index contributed by atoms with van der Waals surface area (Å²) in [5.74, 6) is -1.20. The number of carbonyl (C=O) groups excluding carboxylic acids is 2. The van der Waals surface area contributed by atoms with Gasteiger partial charge in [0.15, 0.2) is 12.4 Å². The topological polar surface area (TPSA) is 175 Å². The predicted octanol–water partition coefficient (Wildman–Crippen LogP) is 15.2. The minimum absolute atomic E-state index is 0.124. The number of nitrogens with one attached hydrogen (secondary N) is 1. The summed E-state index contributed by atoms with van der Waals surface area (Å²) in [6.45, 7) is 5.67. The zero-order valence-corrected chi connectivity index (χ0v) is 49.3. The largest absolute Gasteiger partial charge is 0.454 e. The molecule has 0 radical (unpaired) electrons. The lowest BCUT2D eigenvalue weighted by Crippen LogP contribution is -2.61. The number of aliphatic hydroxyl groups excluding tert-OH is 5. The molecule has 8 unspecified atom stereocenters. The summed E-state index contributed by atoms with van der Waals surface area (Å²) in [4.78, 5) is 26.5. The van der Waals surface area contributed by atoms with Crippen LogP contribution in [0.1, 0.15) is 271 Å². The van der Waals surface area contributed by atoms with E-state index in [1.807, 2.05) is 6.08 Å². The second kappa shape index (κ2) is 53.7.